The zero-order valence-corrected chi connectivity index (χ0v) is 12.3. The molecule has 2 aromatic rings. The number of rotatable bonds is 1. The summed E-state index contributed by atoms with van der Waals surface area (Å²) in [5, 5.41) is 17.4. The SMILES string of the molecule is CC(C)=C1C(=O)Nc2cc3c(cc21)NC(c1ccnnc1)N3. The molecule has 4 rings (SSSR count). The van der Waals surface area contributed by atoms with E-state index in [-0.39, 0.29) is 12.1 Å². The third-order valence-corrected chi connectivity index (χ3v) is 3.94. The fourth-order valence-electron chi connectivity index (χ4n) is 2.94. The lowest BCUT2D eigenvalue weighted by molar-refractivity contribution is -0.110. The predicted octanol–water partition coefficient (Wildman–Crippen LogP) is 2.76. The first-order valence-corrected chi connectivity index (χ1v) is 7.10. The molecule has 1 atom stereocenters. The van der Waals surface area contributed by atoms with E-state index in [2.05, 4.69) is 26.1 Å². The van der Waals surface area contributed by atoms with E-state index in [0.717, 1.165) is 39.3 Å². The first-order chi connectivity index (χ1) is 10.6. The Bertz CT molecular complexity index is 809. The summed E-state index contributed by atoms with van der Waals surface area (Å²) < 4.78 is 0. The minimum Gasteiger partial charge on any atom is -0.360 e. The second-order valence-corrected chi connectivity index (χ2v) is 5.67. The van der Waals surface area contributed by atoms with E-state index in [1.807, 2.05) is 32.0 Å². The topological polar surface area (TPSA) is 78.9 Å². The molecule has 1 aromatic carbocycles. The van der Waals surface area contributed by atoms with E-state index in [0.29, 0.717) is 0 Å². The van der Waals surface area contributed by atoms with Crippen LogP contribution < -0.4 is 16.0 Å². The van der Waals surface area contributed by atoms with Gasteiger partial charge in [0, 0.05) is 22.9 Å². The van der Waals surface area contributed by atoms with Crippen LogP contribution in [0.1, 0.15) is 31.1 Å². The van der Waals surface area contributed by atoms with Crippen LogP contribution >= 0.6 is 0 Å². The van der Waals surface area contributed by atoms with Crippen LogP contribution in [0, 0.1) is 0 Å². The van der Waals surface area contributed by atoms with Crippen LogP contribution in [-0.4, -0.2) is 16.1 Å². The quantitative estimate of drug-likeness (QED) is 0.705. The summed E-state index contributed by atoms with van der Waals surface area (Å²) in [5.41, 5.74) is 6.53. The molecule has 6 heteroatoms. The van der Waals surface area contributed by atoms with Gasteiger partial charge in [-0.3, -0.25) is 4.79 Å². The number of fused-ring (bicyclic) bond motifs is 2. The number of allylic oxidation sites excluding steroid dienone is 1. The summed E-state index contributed by atoms with van der Waals surface area (Å²) in [5.74, 6) is -0.0337. The number of aromatic nitrogens is 2. The molecule has 0 bridgehead atoms. The van der Waals surface area contributed by atoms with Gasteiger partial charge in [0.15, 0.2) is 0 Å². The van der Waals surface area contributed by atoms with Gasteiger partial charge in [0.25, 0.3) is 5.91 Å². The number of nitrogens with zero attached hydrogens (tertiary/aromatic N) is 2. The van der Waals surface area contributed by atoms with Crippen molar-refractivity contribution in [2.75, 3.05) is 16.0 Å². The van der Waals surface area contributed by atoms with Crippen LogP contribution in [-0.2, 0) is 4.79 Å². The number of anilines is 3. The standard InChI is InChI=1S/C16H15N5O/c1-8(2)14-10-5-12-13(6-11(10)21-16(14)22)20-15(19-12)9-3-4-17-18-7-9/h3-7,15,19-20H,1-2H3,(H,21,22). The zero-order chi connectivity index (χ0) is 15.3. The van der Waals surface area contributed by atoms with Gasteiger partial charge in [-0.05, 0) is 32.0 Å². The first kappa shape index (κ1) is 12.8. The number of hydrogen-bond acceptors (Lipinski definition) is 5. The second-order valence-electron chi connectivity index (χ2n) is 5.67. The minimum atomic E-state index is -0.0427. The Morgan fingerprint density at radius 2 is 1.86 bits per heavy atom. The Hall–Kier alpha value is -2.89. The molecule has 2 aliphatic heterocycles. The monoisotopic (exact) mass is 293 g/mol. The van der Waals surface area contributed by atoms with Gasteiger partial charge in [-0.2, -0.15) is 10.2 Å². The van der Waals surface area contributed by atoms with Crippen molar-refractivity contribution >= 4 is 28.5 Å². The second kappa shape index (κ2) is 4.56. The molecule has 0 radical (unpaired) electrons. The highest BCUT2D eigenvalue weighted by Crippen LogP contribution is 2.43. The zero-order valence-electron chi connectivity index (χ0n) is 12.3. The lowest BCUT2D eigenvalue weighted by atomic mass is 10.0. The Labute approximate surface area is 127 Å². The molecule has 0 saturated carbocycles. The molecule has 2 aliphatic rings. The molecule has 0 fully saturated rings. The van der Waals surface area contributed by atoms with Gasteiger partial charge in [0.05, 0.1) is 23.3 Å². The van der Waals surface area contributed by atoms with Gasteiger partial charge in [-0.1, -0.05) is 5.57 Å². The Kier molecular flexibility index (Phi) is 2.66. The third kappa shape index (κ3) is 1.84. The van der Waals surface area contributed by atoms with Gasteiger partial charge in [-0.15, -0.1) is 0 Å². The number of nitrogens with one attached hydrogen (secondary N) is 3. The number of carbonyl (C=O) groups excluding carboxylic acids is 1. The van der Waals surface area contributed by atoms with Gasteiger partial charge in [-0.25, -0.2) is 0 Å². The fraction of sp³-hybridized carbons (Fsp3) is 0.188. The molecule has 0 spiro atoms. The van der Waals surface area contributed by atoms with E-state index < -0.39 is 0 Å². The predicted molar refractivity (Wildman–Crippen MR) is 85.4 cm³/mol. The summed E-state index contributed by atoms with van der Waals surface area (Å²) in [7, 11) is 0. The minimum absolute atomic E-state index is 0.0337. The van der Waals surface area contributed by atoms with Crippen molar-refractivity contribution < 1.29 is 4.79 Å². The molecule has 22 heavy (non-hydrogen) atoms. The number of amides is 1. The Morgan fingerprint density at radius 3 is 2.55 bits per heavy atom. The molecule has 3 N–H and O–H groups in total. The van der Waals surface area contributed by atoms with E-state index in [1.165, 1.54) is 0 Å². The summed E-state index contributed by atoms with van der Waals surface area (Å²) >= 11 is 0. The van der Waals surface area contributed by atoms with Crippen molar-refractivity contribution in [3.8, 4) is 0 Å². The van der Waals surface area contributed by atoms with Crippen LogP contribution in [0.2, 0.25) is 0 Å². The van der Waals surface area contributed by atoms with Crippen LogP contribution in [0.3, 0.4) is 0 Å². The molecule has 0 saturated heterocycles. The van der Waals surface area contributed by atoms with Crippen LogP contribution in [0.15, 0.2) is 36.2 Å². The summed E-state index contributed by atoms with van der Waals surface area (Å²) in [6, 6.07) is 5.91. The molecular formula is C16H15N5O. The smallest absolute Gasteiger partial charge is 0.256 e. The van der Waals surface area contributed by atoms with Gasteiger partial charge >= 0.3 is 0 Å². The van der Waals surface area contributed by atoms with Crippen LogP contribution in [0.5, 0.6) is 0 Å². The number of benzene rings is 1. The molecule has 110 valence electrons. The van der Waals surface area contributed by atoms with Crippen molar-refractivity contribution in [3.63, 3.8) is 0 Å². The van der Waals surface area contributed by atoms with E-state index in [9.17, 15) is 4.79 Å². The Balaban J connectivity index is 1.73. The molecule has 0 aliphatic carbocycles. The van der Waals surface area contributed by atoms with Crippen molar-refractivity contribution in [1.29, 1.82) is 0 Å². The van der Waals surface area contributed by atoms with Gasteiger partial charge < -0.3 is 16.0 Å². The maximum Gasteiger partial charge on any atom is 0.256 e. The van der Waals surface area contributed by atoms with Gasteiger partial charge in [0.1, 0.15) is 6.17 Å². The third-order valence-electron chi connectivity index (χ3n) is 3.94. The van der Waals surface area contributed by atoms with E-state index in [4.69, 9.17) is 0 Å². The van der Waals surface area contributed by atoms with Gasteiger partial charge in [0.2, 0.25) is 0 Å². The highest BCUT2D eigenvalue weighted by atomic mass is 16.2. The summed E-state index contributed by atoms with van der Waals surface area (Å²) in [4.78, 5) is 12.1. The molecule has 1 amide bonds. The largest absolute Gasteiger partial charge is 0.360 e. The molecule has 3 heterocycles. The van der Waals surface area contributed by atoms with Crippen molar-refractivity contribution in [3.05, 3.63) is 47.3 Å². The summed E-state index contributed by atoms with van der Waals surface area (Å²) in [6.45, 7) is 3.91. The molecule has 1 unspecified atom stereocenters. The lowest BCUT2D eigenvalue weighted by Gasteiger charge is -2.11. The lowest BCUT2D eigenvalue weighted by Crippen LogP contribution is -2.12. The molecule has 1 aromatic heterocycles. The molecular weight excluding hydrogens is 278 g/mol. The van der Waals surface area contributed by atoms with E-state index in [1.54, 1.807) is 12.4 Å². The highest BCUT2D eigenvalue weighted by molar-refractivity contribution is 6.32. The maximum absolute atomic E-state index is 12.1. The first-order valence-electron chi connectivity index (χ1n) is 7.10. The average molecular weight is 293 g/mol. The number of carbonyl (C=O) groups is 1. The van der Waals surface area contributed by atoms with Crippen molar-refractivity contribution in [2.24, 2.45) is 0 Å². The average Bonchev–Trinajstić information content (AvgIpc) is 3.04. The van der Waals surface area contributed by atoms with Crippen LogP contribution in [0.4, 0.5) is 17.1 Å². The maximum atomic E-state index is 12.1. The number of hydrogen-bond donors (Lipinski definition) is 3. The summed E-state index contributed by atoms with van der Waals surface area (Å²) in [6.07, 6.45) is 3.36. The van der Waals surface area contributed by atoms with Crippen molar-refractivity contribution in [2.45, 2.75) is 20.0 Å². The van der Waals surface area contributed by atoms with Crippen molar-refractivity contribution in [1.82, 2.24) is 10.2 Å². The Morgan fingerprint density at radius 1 is 1.09 bits per heavy atom. The van der Waals surface area contributed by atoms with Crippen LogP contribution in [0.25, 0.3) is 5.57 Å². The fourth-order valence-corrected chi connectivity index (χ4v) is 2.94. The molecule has 6 nitrogen and oxygen atoms in total. The van der Waals surface area contributed by atoms with E-state index >= 15 is 0 Å². The highest BCUT2D eigenvalue weighted by Gasteiger charge is 2.30. The normalized spacial score (nSPS) is 18.2.